The Hall–Kier alpha value is -3.34. The molecule has 0 spiro atoms. The lowest BCUT2D eigenvalue weighted by Gasteiger charge is -2.02. The maximum atomic E-state index is 12.3. The second-order valence-electron chi connectivity index (χ2n) is 5.45. The molecule has 0 amide bonds. The molecule has 0 radical (unpaired) electrons. The lowest BCUT2D eigenvalue weighted by atomic mass is 10.2. The average molecular weight is 317 g/mol. The molecule has 0 saturated heterocycles. The summed E-state index contributed by atoms with van der Waals surface area (Å²) >= 11 is 0. The van der Waals surface area contributed by atoms with Crippen LogP contribution in [0.2, 0.25) is 0 Å². The zero-order valence-electron chi connectivity index (χ0n) is 12.8. The molecule has 2 aromatic heterocycles. The standard InChI is InChI=1S/C19H15N3O2/c23-19(17-11-20-18-9-5-4-8-16(17)18)24-13-14-10-21-22(12-14)15-6-2-1-3-7-15/h1-12,20H,13H2. The van der Waals surface area contributed by atoms with E-state index in [-0.39, 0.29) is 12.6 Å². The van der Waals surface area contributed by atoms with Gasteiger partial charge in [-0.1, -0.05) is 36.4 Å². The number of H-pyrrole nitrogens is 1. The number of ether oxygens (including phenoxy) is 1. The normalized spacial score (nSPS) is 10.8. The molecule has 0 fully saturated rings. The second kappa shape index (κ2) is 6.04. The molecule has 118 valence electrons. The van der Waals surface area contributed by atoms with Gasteiger partial charge in [0.25, 0.3) is 0 Å². The Morgan fingerprint density at radius 1 is 1.08 bits per heavy atom. The Kier molecular flexibility index (Phi) is 3.59. The first-order chi connectivity index (χ1) is 11.8. The quantitative estimate of drug-likeness (QED) is 0.584. The summed E-state index contributed by atoms with van der Waals surface area (Å²) in [6.07, 6.45) is 5.24. The summed E-state index contributed by atoms with van der Waals surface area (Å²) in [5, 5.41) is 5.16. The zero-order chi connectivity index (χ0) is 16.4. The highest BCUT2D eigenvalue weighted by atomic mass is 16.5. The fourth-order valence-electron chi connectivity index (χ4n) is 2.62. The van der Waals surface area contributed by atoms with Crippen molar-refractivity contribution in [1.82, 2.24) is 14.8 Å². The van der Waals surface area contributed by atoms with Gasteiger partial charge < -0.3 is 9.72 Å². The van der Waals surface area contributed by atoms with E-state index in [0.29, 0.717) is 5.56 Å². The topological polar surface area (TPSA) is 59.9 Å². The summed E-state index contributed by atoms with van der Waals surface area (Å²) in [5.41, 5.74) is 3.26. The van der Waals surface area contributed by atoms with Crippen LogP contribution in [0.25, 0.3) is 16.6 Å². The van der Waals surface area contributed by atoms with Crippen molar-refractivity contribution in [3.05, 3.63) is 84.3 Å². The van der Waals surface area contributed by atoms with E-state index in [1.807, 2.05) is 60.8 Å². The van der Waals surface area contributed by atoms with Crippen LogP contribution in [0, 0.1) is 0 Å². The number of fused-ring (bicyclic) bond motifs is 1. The summed E-state index contributed by atoms with van der Waals surface area (Å²) < 4.78 is 7.18. The number of para-hydroxylation sites is 2. The minimum Gasteiger partial charge on any atom is -0.457 e. The maximum Gasteiger partial charge on any atom is 0.340 e. The fraction of sp³-hybridized carbons (Fsp3) is 0.0526. The van der Waals surface area contributed by atoms with Gasteiger partial charge in [-0.05, 0) is 18.2 Å². The highest BCUT2D eigenvalue weighted by molar-refractivity contribution is 6.03. The highest BCUT2D eigenvalue weighted by Crippen LogP contribution is 2.19. The van der Waals surface area contributed by atoms with Crippen LogP contribution < -0.4 is 0 Å². The molecular weight excluding hydrogens is 302 g/mol. The Bertz CT molecular complexity index is 986. The van der Waals surface area contributed by atoms with Crippen LogP contribution in [0.1, 0.15) is 15.9 Å². The fourth-order valence-corrected chi connectivity index (χ4v) is 2.62. The number of hydrogen-bond donors (Lipinski definition) is 1. The first-order valence-corrected chi connectivity index (χ1v) is 7.63. The van der Waals surface area contributed by atoms with Crippen LogP contribution in [0.3, 0.4) is 0 Å². The van der Waals surface area contributed by atoms with Gasteiger partial charge in [0.1, 0.15) is 6.61 Å². The molecule has 0 atom stereocenters. The van der Waals surface area contributed by atoms with E-state index in [2.05, 4.69) is 10.1 Å². The lowest BCUT2D eigenvalue weighted by Crippen LogP contribution is -2.04. The van der Waals surface area contributed by atoms with Crippen molar-refractivity contribution in [1.29, 1.82) is 0 Å². The van der Waals surface area contributed by atoms with E-state index in [4.69, 9.17) is 4.74 Å². The molecule has 5 nitrogen and oxygen atoms in total. The monoisotopic (exact) mass is 317 g/mol. The Morgan fingerprint density at radius 2 is 1.88 bits per heavy atom. The molecule has 0 saturated carbocycles. The van der Waals surface area contributed by atoms with E-state index in [0.717, 1.165) is 22.2 Å². The summed E-state index contributed by atoms with van der Waals surface area (Å²) in [7, 11) is 0. The van der Waals surface area contributed by atoms with Crippen LogP contribution in [-0.4, -0.2) is 20.7 Å². The van der Waals surface area contributed by atoms with Gasteiger partial charge in [-0.25, -0.2) is 9.48 Å². The molecule has 2 heterocycles. The first-order valence-electron chi connectivity index (χ1n) is 7.63. The first kappa shape index (κ1) is 14.3. The van der Waals surface area contributed by atoms with Gasteiger partial charge >= 0.3 is 5.97 Å². The molecule has 0 aliphatic rings. The molecule has 2 aromatic carbocycles. The van der Waals surface area contributed by atoms with Crippen molar-refractivity contribution >= 4 is 16.9 Å². The number of aromatic amines is 1. The van der Waals surface area contributed by atoms with Crippen molar-refractivity contribution < 1.29 is 9.53 Å². The molecular formula is C19H15N3O2. The minimum atomic E-state index is -0.347. The van der Waals surface area contributed by atoms with Crippen LogP contribution in [-0.2, 0) is 11.3 Å². The van der Waals surface area contributed by atoms with Crippen LogP contribution >= 0.6 is 0 Å². The minimum absolute atomic E-state index is 0.186. The summed E-state index contributed by atoms with van der Waals surface area (Å²) in [5.74, 6) is -0.347. The number of hydrogen-bond acceptors (Lipinski definition) is 3. The van der Waals surface area contributed by atoms with Gasteiger partial charge in [0.15, 0.2) is 0 Å². The Labute approximate surface area is 138 Å². The van der Waals surface area contributed by atoms with Gasteiger partial charge in [-0.15, -0.1) is 0 Å². The van der Waals surface area contributed by atoms with E-state index >= 15 is 0 Å². The van der Waals surface area contributed by atoms with Crippen LogP contribution in [0.5, 0.6) is 0 Å². The van der Waals surface area contributed by atoms with Gasteiger partial charge in [-0.3, -0.25) is 0 Å². The lowest BCUT2D eigenvalue weighted by molar-refractivity contribution is 0.0475. The number of esters is 1. The van der Waals surface area contributed by atoms with E-state index in [9.17, 15) is 4.79 Å². The number of benzene rings is 2. The molecule has 24 heavy (non-hydrogen) atoms. The van der Waals surface area contributed by atoms with Crippen LogP contribution in [0.15, 0.2) is 73.2 Å². The van der Waals surface area contributed by atoms with Crippen molar-refractivity contribution in [2.75, 3.05) is 0 Å². The van der Waals surface area contributed by atoms with Crippen molar-refractivity contribution in [2.24, 2.45) is 0 Å². The number of nitrogens with one attached hydrogen (secondary N) is 1. The third kappa shape index (κ3) is 2.67. The number of aromatic nitrogens is 3. The number of carbonyl (C=O) groups is 1. The molecule has 1 N–H and O–H groups in total. The third-order valence-corrected chi connectivity index (χ3v) is 3.84. The molecule has 5 heteroatoms. The summed E-state index contributed by atoms with van der Waals surface area (Å²) in [6.45, 7) is 0.186. The summed E-state index contributed by atoms with van der Waals surface area (Å²) in [4.78, 5) is 15.4. The zero-order valence-corrected chi connectivity index (χ0v) is 12.8. The molecule has 4 aromatic rings. The van der Waals surface area contributed by atoms with Crippen LogP contribution in [0.4, 0.5) is 0 Å². The predicted octanol–water partition coefficient (Wildman–Crippen LogP) is 3.71. The molecule has 0 aliphatic carbocycles. The largest absolute Gasteiger partial charge is 0.457 e. The van der Waals surface area contributed by atoms with Crippen molar-refractivity contribution in [3.8, 4) is 5.69 Å². The molecule has 0 bridgehead atoms. The predicted molar refractivity (Wildman–Crippen MR) is 91.0 cm³/mol. The average Bonchev–Trinajstić information content (AvgIpc) is 3.27. The highest BCUT2D eigenvalue weighted by Gasteiger charge is 2.13. The van der Waals surface area contributed by atoms with Crippen molar-refractivity contribution in [2.45, 2.75) is 6.61 Å². The molecule has 4 rings (SSSR count). The smallest absolute Gasteiger partial charge is 0.340 e. The molecule has 0 unspecified atom stereocenters. The molecule has 0 aliphatic heterocycles. The Balaban J connectivity index is 1.47. The third-order valence-electron chi connectivity index (χ3n) is 3.84. The van der Waals surface area contributed by atoms with Crippen molar-refractivity contribution in [3.63, 3.8) is 0 Å². The number of rotatable bonds is 4. The maximum absolute atomic E-state index is 12.3. The van der Waals surface area contributed by atoms with Gasteiger partial charge in [-0.2, -0.15) is 5.10 Å². The van der Waals surface area contributed by atoms with E-state index in [1.165, 1.54) is 0 Å². The van der Waals surface area contributed by atoms with Gasteiger partial charge in [0, 0.05) is 28.9 Å². The van der Waals surface area contributed by atoms with E-state index in [1.54, 1.807) is 17.1 Å². The van der Waals surface area contributed by atoms with Gasteiger partial charge in [0.05, 0.1) is 17.4 Å². The second-order valence-corrected chi connectivity index (χ2v) is 5.45. The Morgan fingerprint density at radius 3 is 2.75 bits per heavy atom. The summed E-state index contributed by atoms with van der Waals surface area (Å²) in [6, 6.07) is 17.4. The number of carbonyl (C=O) groups excluding carboxylic acids is 1. The SMILES string of the molecule is O=C(OCc1cnn(-c2ccccc2)c1)c1c[nH]c2ccccc12. The number of nitrogens with zero attached hydrogens (tertiary/aromatic N) is 2. The van der Waals surface area contributed by atoms with E-state index < -0.39 is 0 Å². The van der Waals surface area contributed by atoms with Gasteiger partial charge in [0.2, 0.25) is 0 Å².